The maximum absolute atomic E-state index is 13.0. The second kappa shape index (κ2) is 6.09. The minimum Gasteiger partial charge on any atom is -0.493 e. The predicted octanol–water partition coefficient (Wildman–Crippen LogP) is 3.39. The molecule has 0 aliphatic heterocycles. The number of rotatable bonds is 5. The molecular formula is C15H16FNO2. The molecule has 0 spiro atoms. The van der Waals surface area contributed by atoms with Crippen LogP contribution in [0.25, 0.3) is 0 Å². The molecule has 2 aromatic carbocycles. The van der Waals surface area contributed by atoms with Crippen LogP contribution in [0.1, 0.15) is 12.5 Å². The highest BCUT2D eigenvalue weighted by Gasteiger charge is 2.05. The van der Waals surface area contributed by atoms with E-state index in [-0.39, 0.29) is 5.69 Å². The molecule has 0 unspecified atom stereocenters. The van der Waals surface area contributed by atoms with Crippen LogP contribution in [0.5, 0.6) is 11.5 Å². The second-order valence-corrected chi connectivity index (χ2v) is 4.01. The maximum Gasteiger partial charge on any atom is 0.146 e. The van der Waals surface area contributed by atoms with Crippen molar-refractivity contribution in [3.8, 4) is 11.5 Å². The minimum absolute atomic E-state index is 0.0793. The van der Waals surface area contributed by atoms with Crippen LogP contribution in [0.2, 0.25) is 0 Å². The van der Waals surface area contributed by atoms with Gasteiger partial charge in [-0.25, -0.2) is 4.39 Å². The van der Waals surface area contributed by atoms with E-state index in [9.17, 15) is 4.39 Å². The average molecular weight is 261 g/mol. The smallest absolute Gasteiger partial charge is 0.146 e. The number of para-hydroxylation sites is 1. The van der Waals surface area contributed by atoms with Crippen LogP contribution in [0.4, 0.5) is 10.1 Å². The number of nitrogens with two attached hydrogens (primary N) is 1. The standard InChI is InChI=1S/C15H16FNO2/c1-2-18-15-6-4-3-5-11(15)10-19-12-7-8-13(16)14(17)9-12/h3-9H,2,10,17H2,1H3. The maximum atomic E-state index is 13.0. The van der Waals surface area contributed by atoms with E-state index in [0.29, 0.717) is 19.0 Å². The highest BCUT2D eigenvalue weighted by molar-refractivity contribution is 5.45. The molecule has 4 heteroatoms. The van der Waals surface area contributed by atoms with Gasteiger partial charge < -0.3 is 15.2 Å². The van der Waals surface area contributed by atoms with Crippen molar-refractivity contribution in [2.24, 2.45) is 0 Å². The molecule has 0 aromatic heterocycles. The Morgan fingerprint density at radius 1 is 1.11 bits per heavy atom. The third-order valence-electron chi connectivity index (χ3n) is 2.63. The number of benzene rings is 2. The highest BCUT2D eigenvalue weighted by Crippen LogP contribution is 2.22. The van der Waals surface area contributed by atoms with Gasteiger partial charge in [0.2, 0.25) is 0 Å². The Hall–Kier alpha value is -2.23. The molecule has 0 amide bonds. The van der Waals surface area contributed by atoms with Crippen LogP contribution in [-0.2, 0) is 6.61 Å². The Kier molecular flexibility index (Phi) is 4.23. The SMILES string of the molecule is CCOc1ccccc1COc1ccc(F)c(N)c1. The van der Waals surface area contributed by atoms with Gasteiger partial charge in [0.15, 0.2) is 0 Å². The molecule has 0 saturated heterocycles. The fourth-order valence-electron chi connectivity index (χ4n) is 1.69. The fourth-order valence-corrected chi connectivity index (χ4v) is 1.69. The third kappa shape index (κ3) is 3.37. The third-order valence-corrected chi connectivity index (χ3v) is 2.63. The van der Waals surface area contributed by atoms with Gasteiger partial charge in [-0.15, -0.1) is 0 Å². The first-order valence-electron chi connectivity index (χ1n) is 6.09. The molecule has 0 heterocycles. The summed E-state index contributed by atoms with van der Waals surface area (Å²) in [5, 5.41) is 0. The molecular weight excluding hydrogens is 245 g/mol. The number of ether oxygens (including phenoxy) is 2. The van der Waals surface area contributed by atoms with Crippen molar-refractivity contribution in [2.45, 2.75) is 13.5 Å². The van der Waals surface area contributed by atoms with E-state index in [1.807, 2.05) is 31.2 Å². The molecule has 3 nitrogen and oxygen atoms in total. The van der Waals surface area contributed by atoms with Crippen molar-refractivity contribution >= 4 is 5.69 Å². The van der Waals surface area contributed by atoms with Crippen LogP contribution in [0.15, 0.2) is 42.5 Å². The van der Waals surface area contributed by atoms with E-state index in [0.717, 1.165) is 11.3 Å². The van der Waals surface area contributed by atoms with Gasteiger partial charge in [-0.3, -0.25) is 0 Å². The summed E-state index contributed by atoms with van der Waals surface area (Å²) >= 11 is 0. The molecule has 2 aromatic rings. The quantitative estimate of drug-likeness (QED) is 0.839. The lowest BCUT2D eigenvalue weighted by molar-refractivity contribution is 0.286. The summed E-state index contributed by atoms with van der Waals surface area (Å²) in [7, 11) is 0. The molecule has 2 N–H and O–H groups in total. The summed E-state index contributed by atoms with van der Waals surface area (Å²) in [5.41, 5.74) is 6.50. The largest absolute Gasteiger partial charge is 0.493 e. The van der Waals surface area contributed by atoms with Crippen LogP contribution in [0.3, 0.4) is 0 Å². The van der Waals surface area contributed by atoms with Crippen LogP contribution in [-0.4, -0.2) is 6.61 Å². The molecule has 0 bridgehead atoms. The van der Waals surface area contributed by atoms with E-state index < -0.39 is 5.82 Å². The van der Waals surface area contributed by atoms with E-state index in [1.165, 1.54) is 12.1 Å². The van der Waals surface area contributed by atoms with Gasteiger partial charge in [-0.1, -0.05) is 18.2 Å². The van der Waals surface area contributed by atoms with Crippen LogP contribution in [0, 0.1) is 5.82 Å². The first kappa shape index (κ1) is 13.2. The van der Waals surface area contributed by atoms with Crippen LogP contribution < -0.4 is 15.2 Å². The Balaban J connectivity index is 2.07. The van der Waals surface area contributed by atoms with Gasteiger partial charge in [0.25, 0.3) is 0 Å². The lowest BCUT2D eigenvalue weighted by atomic mass is 10.2. The van der Waals surface area contributed by atoms with Gasteiger partial charge >= 0.3 is 0 Å². The van der Waals surface area contributed by atoms with Crippen molar-refractivity contribution in [3.05, 3.63) is 53.8 Å². The summed E-state index contributed by atoms with van der Waals surface area (Å²) < 4.78 is 24.1. The summed E-state index contributed by atoms with van der Waals surface area (Å²) in [6.07, 6.45) is 0. The Morgan fingerprint density at radius 3 is 2.63 bits per heavy atom. The van der Waals surface area contributed by atoms with Crippen molar-refractivity contribution in [1.82, 2.24) is 0 Å². The number of hydrogen-bond acceptors (Lipinski definition) is 3. The molecule has 19 heavy (non-hydrogen) atoms. The van der Waals surface area contributed by atoms with Gasteiger partial charge in [0.1, 0.15) is 23.9 Å². The Bertz CT molecular complexity index is 558. The van der Waals surface area contributed by atoms with Crippen LogP contribution >= 0.6 is 0 Å². The van der Waals surface area contributed by atoms with Gasteiger partial charge in [-0.05, 0) is 25.1 Å². The number of nitrogen functional groups attached to an aromatic ring is 1. The molecule has 0 aliphatic carbocycles. The topological polar surface area (TPSA) is 44.5 Å². The summed E-state index contributed by atoms with van der Waals surface area (Å²) in [4.78, 5) is 0. The zero-order valence-electron chi connectivity index (χ0n) is 10.7. The molecule has 100 valence electrons. The van der Waals surface area contributed by atoms with E-state index in [1.54, 1.807) is 6.07 Å². The summed E-state index contributed by atoms with van der Waals surface area (Å²) in [6, 6.07) is 12.0. The lowest BCUT2D eigenvalue weighted by Gasteiger charge is -2.11. The molecule has 0 saturated carbocycles. The highest BCUT2D eigenvalue weighted by atomic mass is 19.1. The predicted molar refractivity (Wildman–Crippen MR) is 72.8 cm³/mol. The summed E-state index contributed by atoms with van der Waals surface area (Å²) in [6.45, 7) is 2.88. The Morgan fingerprint density at radius 2 is 1.89 bits per heavy atom. The monoisotopic (exact) mass is 261 g/mol. The lowest BCUT2D eigenvalue weighted by Crippen LogP contribution is -2.01. The van der Waals surface area contributed by atoms with E-state index >= 15 is 0 Å². The Labute approximate surface area is 111 Å². The molecule has 2 rings (SSSR count). The number of anilines is 1. The fraction of sp³-hybridized carbons (Fsp3) is 0.200. The van der Waals surface area contributed by atoms with E-state index in [2.05, 4.69) is 0 Å². The first-order valence-corrected chi connectivity index (χ1v) is 6.09. The van der Waals surface area contributed by atoms with Crippen molar-refractivity contribution in [3.63, 3.8) is 0 Å². The normalized spacial score (nSPS) is 10.2. The molecule has 0 aliphatic rings. The average Bonchev–Trinajstić information content (AvgIpc) is 2.42. The molecule has 0 atom stereocenters. The zero-order chi connectivity index (χ0) is 13.7. The molecule has 0 fully saturated rings. The second-order valence-electron chi connectivity index (χ2n) is 4.01. The summed E-state index contributed by atoms with van der Waals surface area (Å²) in [5.74, 6) is 0.882. The van der Waals surface area contributed by atoms with E-state index in [4.69, 9.17) is 15.2 Å². The van der Waals surface area contributed by atoms with Crippen molar-refractivity contribution in [2.75, 3.05) is 12.3 Å². The number of halogens is 1. The zero-order valence-corrected chi connectivity index (χ0v) is 10.7. The van der Waals surface area contributed by atoms with Gasteiger partial charge in [0, 0.05) is 11.6 Å². The van der Waals surface area contributed by atoms with Gasteiger partial charge in [0.05, 0.1) is 12.3 Å². The molecule has 0 radical (unpaired) electrons. The first-order chi connectivity index (χ1) is 9.20. The number of hydrogen-bond donors (Lipinski definition) is 1. The van der Waals surface area contributed by atoms with Gasteiger partial charge in [-0.2, -0.15) is 0 Å². The van der Waals surface area contributed by atoms with Crippen molar-refractivity contribution in [1.29, 1.82) is 0 Å². The van der Waals surface area contributed by atoms with Crippen molar-refractivity contribution < 1.29 is 13.9 Å². The minimum atomic E-state index is -0.443.